The number of fused-ring (bicyclic) bond motifs is 5. The number of piperazine rings is 1. The smallest absolute Gasteiger partial charge is 0.320 e. The number of nitrogens with two attached hydrogens (primary N) is 1. The number of hydrogen-bond acceptors (Lipinski definition) is 11. The SMILES string of the molecule is N#Cc1c(N)sc2c(F)ccc(Oc3nc4nc(OC[C@@]56CCCN5CC(F)C6)nc(N5CC6CCC(C5)N6)c4n3C3CCC3)c12. The highest BCUT2D eigenvalue weighted by molar-refractivity contribution is 7.23. The third-order valence-corrected chi connectivity index (χ3v) is 11.8. The molecule has 7 heterocycles. The van der Waals surface area contributed by atoms with E-state index >= 15 is 0 Å². The summed E-state index contributed by atoms with van der Waals surface area (Å²) in [5, 5.41) is 14.1. The van der Waals surface area contributed by atoms with Crippen LogP contribution in [0.25, 0.3) is 21.3 Å². The van der Waals surface area contributed by atoms with Crippen LogP contribution < -0.4 is 25.4 Å². The molecule has 9 rings (SSSR count). The first-order valence-electron chi connectivity index (χ1n) is 16.3. The monoisotopic (exact) mass is 647 g/mol. The number of aromatic nitrogens is 4. The van der Waals surface area contributed by atoms with Gasteiger partial charge in [0, 0.05) is 44.2 Å². The van der Waals surface area contributed by atoms with Gasteiger partial charge in [-0.25, -0.2) is 8.78 Å². The van der Waals surface area contributed by atoms with Gasteiger partial charge in [0.25, 0.3) is 0 Å². The van der Waals surface area contributed by atoms with Crippen molar-refractivity contribution in [2.24, 2.45) is 0 Å². The maximum absolute atomic E-state index is 14.8. The molecule has 0 spiro atoms. The summed E-state index contributed by atoms with van der Waals surface area (Å²) in [7, 11) is 0. The quantitative estimate of drug-likeness (QED) is 0.281. The number of hydrogen-bond donors (Lipinski definition) is 2. The number of halogens is 2. The summed E-state index contributed by atoms with van der Waals surface area (Å²) >= 11 is 1.03. The molecule has 240 valence electrons. The minimum absolute atomic E-state index is 0.124. The van der Waals surface area contributed by atoms with Gasteiger partial charge in [0.05, 0.1) is 21.2 Å². The number of nitrogen functional groups attached to an aromatic ring is 1. The molecule has 3 N–H and O–H groups in total. The first kappa shape index (κ1) is 28.4. The minimum atomic E-state index is -0.852. The van der Waals surface area contributed by atoms with E-state index in [1.807, 2.05) is 0 Å². The van der Waals surface area contributed by atoms with E-state index in [1.54, 1.807) is 0 Å². The van der Waals surface area contributed by atoms with E-state index < -0.39 is 12.0 Å². The van der Waals surface area contributed by atoms with Crippen LogP contribution in [0.5, 0.6) is 17.8 Å². The Bertz CT molecular complexity index is 1890. The van der Waals surface area contributed by atoms with Crippen LogP contribution in [0.4, 0.5) is 19.6 Å². The van der Waals surface area contributed by atoms with E-state index in [-0.39, 0.29) is 32.9 Å². The minimum Gasteiger partial charge on any atom is -0.461 e. The molecule has 46 heavy (non-hydrogen) atoms. The third-order valence-electron chi connectivity index (χ3n) is 10.8. The van der Waals surface area contributed by atoms with Crippen molar-refractivity contribution < 1.29 is 18.3 Å². The van der Waals surface area contributed by atoms with E-state index in [4.69, 9.17) is 30.2 Å². The first-order chi connectivity index (χ1) is 22.4. The summed E-state index contributed by atoms with van der Waals surface area (Å²) in [6, 6.07) is 6.37. The number of imidazole rings is 1. The molecule has 0 amide bonds. The first-order valence-corrected chi connectivity index (χ1v) is 17.1. The molecule has 1 aliphatic carbocycles. The Morgan fingerprint density at radius 2 is 1.93 bits per heavy atom. The van der Waals surface area contributed by atoms with Gasteiger partial charge < -0.3 is 25.4 Å². The van der Waals surface area contributed by atoms with Gasteiger partial charge in [-0.1, -0.05) is 0 Å². The van der Waals surface area contributed by atoms with Gasteiger partial charge >= 0.3 is 12.0 Å². The number of anilines is 2. The van der Waals surface area contributed by atoms with Gasteiger partial charge in [-0.05, 0) is 63.6 Å². The van der Waals surface area contributed by atoms with E-state index in [9.17, 15) is 14.0 Å². The standard InChI is InChI=1S/C32H35F2N9O2S/c33-17-11-32(9-2-10-42(32)13-17)16-44-30-38-28-25(29(40-30)41-14-18-5-6-19(15-41)37-18)43(20-3-1-4-20)31(39-28)45-23-8-7-22(34)26-24(23)21(12-35)27(36)46-26/h7-8,17-20,37H,1-6,9-11,13-16,36H2/t17?,18?,19?,32-/m0/s1. The topological polar surface area (TPSA) is 130 Å². The number of thiophene rings is 1. The molecule has 1 saturated carbocycles. The second kappa shape index (κ2) is 10.6. The molecule has 2 bridgehead atoms. The van der Waals surface area contributed by atoms with Gasteiger partial charge in [0.1, 0.15) is 40.9 Å². The van der Waals surface area contributed by atoms with Crippen LogP contribution in [-0.2, 0) is 0 Å². The van der Waals surface area contributed by atoms with E-state index in [0.29, 0.717) is 54.4 Å². The van der Waals surface area contributed by atoms with Crippen molar-refractivity contribution >= 4 is 43.4 Å². The highest BCUT2D eigenvalue weighted by Gasteiger charge is 2.49. The molecular formula is C32H35F2N9O2S. The second-order valence-electron chi connectivity index (χ2n) is 13.6. The molecule has 4 atom stereocenters. The lowest BCUT2D eigenvalue weighted by atomic mass is 9.93. The van der Waals surface area contributed by atoms with E-state index in [0.717, 1.165) is 87.3 Å². The summed E-state index contributed by atoms with van der Waals surface area (Å²) in [6.07, 6.45) is 6.72. The van der Waals surface area contributed by atoms with Crippen molar-refractivity contribution in [3.05, 3.63) is 23.5 Å². The number of benzene rings is 1. The third kappa shape index (κ3) is 4.42. The van der Waals surface area contributed by atoms with Crippen LogP contribution in [0, 0.1) is 17.1 Å². The predicted molar refractivity (Wildman–Crippen MR) is 170 cm³/mol. The van der Waals surface area contributed by atoms with Gasteiger partial charge in [-0.3, -0.25) is 9.47 Å². The van der Waals surface area contributed by atoms with Crippen molar-refractivity contribution in [2.45, 2.75) is 81.2 Å². The van der Waals surface area contributed by atoms with Crippen molar-refractivity contribution in [2.75, 3.05) is 43.4 Å². The highest BCUT2D eigenvalue weighted by Crippen LogP contribution is 2.46. The van der Waals surface area contributed by atoms with Crippen molar-refractivity contribution in [1.82, 2.24) is 29.7 Å². The van der Waals surface area contributed by atoms with Crippen molar-refractivity contribution in [1.29, 1.82) is 5.26 Å². The molecule has 5 fully saturated rings. The maximum atomic E-state index is 14.8. The normalized spacial score (nSPS) is 27.8. The van der Waals surface area contributed by atoms with Crippen LogP contribution in [0.1, 0.15) is 63.0 Å². The van der Waals surface area contributed by atoms with Crippen LogP contribution in [0.3, 0.4) is 0 Å². The molecule has 4 aromatic rings. The Labute approximate surface area is 268 Å². The molecule has 4 aliphatic heterocycles. The Morgan fingerprint density at radius 1 is 1.11 bits per heavy atom. The average Bonchev–Trinajstić information content (AvgIpc) is 3.80. The summed E-state index contributed by atoms with van der Waals surface area (Å²) in [5.41, 5.74) is 7.20. The van der Waals surface area contributed by atoms with Crippen molar-refractivity contribution in [3.8, 4) is 23.8 Å². The van der Waals surface area contributed by atoms with E-state index in [1.165, 1.54) is 12.1 Å². The molecule has 4 saturated heterocycles. The Morgan fingerprint density at radius 3 is 2.70 bits per heavy atom. The van der Waals surface area contributed by atoms with Gasteiger partial charge in [-0.2, -0.15) is 20.2 Å². The van der Waals surface area contributed by atoms with Gasteiger partial charge in [0.2, 0.25) is 0 Å². The van der Waals surface area contributed by atoms with Gasteiger partial charge in [-0.15, -0.1) is 11.3 Å². The lowest BCUT2D eigenvalue weighted by Gasteiger charge is -2.35. The lowest BCUT2D eigenvalue weighted by molar-refractivity contribution is 0.107. The van der Waals surface area contributed by atoms with Crippen molar-refractivity contribution in [3.63, 3.8) is 0 Å². The number of nitrogens with zero attached hydrogens (tertiary/aromatic N) is 7. The lowest BCUT2D eigenvalue weighted by Crippen LogP contribution is -2.51. The second-order valence-corrected chi connectivity index (χ2v) is 14.6. The Hall–Kier alpha value is -3.80. The molecule has 14 heteroatoms. The number of ether oxygens (including phenoxy) is 2. The fraction of sp³-hybridized carbons (Fsp3) is 0.562. The van der Waals surface area contributed by atoms with Crippen LogP contribution in [-0.4, -0.2) is 81.0 Å². The number of rotatable bonds is 7. The van der Waals surface area contributed by atoms with Gasteiger partial charge in [0.15, 0.2) is 11.5 Å². The maximum Gasteiger partial charge on any atom is 0.320 e. The number of alkyl halides is 1. The molecule has 1 aromatic carbocycles. The van der Waals surface area contributed by atoms with E-state index in [2.05, 4.69) is 25.8 Å². The van der Waals surface area contributed by atoms with Crippen LogP contribution in [0.15, 0.2) is 12.1 Å². The molecule has 5 aliphatic rings. The summed E-state index contributed by atoms with van der Waals surface area (Å²) in [5.74, 6) is 0.605. The molecular weight excluding hydrogens is 612 g/mol. The molecule has 11 nitrogen and oxygen atoms in total. The molecule has 3 aromatic heterocycles. The molecule has 0 radical (unpaired) electrons. The zero-order valence-electron chi connectivity index (χ0n) is 25.3. The summed E-state index contributed by atoms with van der Waals surface area (Å²) in [4.78, 5) is 19.3. The zero-order valence-corrected chi connectivity index (χ0v) is 26.2. The fourth-order valence-electron chi connectivity index (χ4n) is 8.36. The summed E-state index contributed by atoms with van der Waals surface area (Å²) in [6.45, 7) is 3.25. The van der Waals surface area contributed by atoms with Crippen LogP contribution >= 0.6 is 11.3 Å². The predicted octanol–water partition coefficient (Wildman–Crippen LogP) is 5.05. The number of nitrogens with one attached hydrogen (secondary N) is 1. The highest BCUT2D eigenvalue weighted by atomic mass is 32.1. The molecule has 3 unspecified atom stereocenters. The summed E-state index contributed by atoms with van der Waals surface area (Å²) < 4.78 is 44.6. The fourth-order valence-corrected chi connectivity index (χ4v) is 9.30. The van der Waals surface area contributed by atoms with Crippen LogP contribution in [0.2, 0.25) is 0 Å². The number of nitriles is 1. The Balaban J connectivity index is 1.16. The average molecular weight is 648 g/mol. The largest absolute Gasteiger partial charge is 0.461 e. The Kier molecular flexibility index (Phi) is 6.56. The zero-order chi connectivity index (χ0) is 31.2.